The van der Waals surface area contributed by atoms with E-state index in [2.05, 4.69) is 5.32 Å². The van der Waals surface area contributed by atoms with Crippen LogP contribution in [0.3, 0.4) is 0 Å². The van der Waals surface area contributed by atoms with Gasteiger partial charge in [-0.1, -0.05) is 20.8 Å². The van der Waals surface area contributed by atoms with Gasteiger partial charge >= 0.3 is 5.69 Å². The van der Waals surface area contributed by atoms with Gasteiger partial charge in [0, 0.05) is 44.2 Å². The number of imidazole rings is 1. The van der Waals surface area contributed by atoms with Crippen LogP contribution in [0, 0.1) is 11.3 Å². The molecule has 1 aliphatic heterocycles. The minimum absolute atomic E-state index is 0.0295. The Hall–Kier alpha value is -2.57. The van der Waals surface area contributed by atoms with Gasteiger partial charge in [-0.25, -0.2) is 4.79 Å². The van der Waals surface area contributed by atoms with Crippen LogP contribution in [0.4, 0.5) is 5.69 Å². The van der Waals surface area contributed by atoms with Gasteiger partial charge in [0.2, 0.25) is 11.8 Å². The Bertz CT molecular complexity index is 941. The Labute approximate surface area is 158 Å². The highest BCUT2D eigenvalue weighted by Gasteiger charge is 2.32. The van der Waals surface area contributed by atoms with Crippen LogP contribution in [0.2, 0.25) is 0 Å². The van der Waals surface area contributed by atoms with E-state index in [9.17, 15) is 14.4 Å². The van der Waals surface area contributed by atoms with E-state index in [-0.39, 0.29) is 23.4 Å². The lowest BCUT2D eigenvalue weighted by Crippen LogP contribution is -2.45. The lowest BCUT2D eigenvalue weighted by Gasteiger charge is -2.35. The van der Waals surface area contributed by atoms with Crippen molar-refractivity contribution in [1.29, 1.82) is 0 Å². The molecule has 0 saturated carbocycles. The molecule has 1 N–H and O–H groups in total. The first-order valence-electron chi connectivity index (χ1n) is 9.35. The summed E-state index contributed by atoms with van der Waals surface area (Å²) in [6.07, 6.45) is 1.33. The second kappa shape index (κ2) is 6.87. The lowest BCUT2D eigenvalue weighted by molar-refractivity contribution is -0.142. The Morgan fingerprint density at radius 3 is 2.22 bits per heavy atom. The highest BCUT2D eigenvalue weighted by atomic mass is 16.2. The van der Waals surface area contributed by atoms with E-state index < -0.39 is 5.41 Å². The lowest BCUT2D eigenvalue weighted by atomic mass is 9.90. The summed E-state index contributed by atoms with van der Waals surface area (Å²) in [7, 11) is 3.45. The van der Waals surface area contributed by atoms with Gasteiger partial charge in [-0.3, -0.25) is 18.7 Å². The Balaban J connectivity index is 1.67. The maximum Gasteiger partial charge on any atom is 0.328 e. The minimum atomic E-state index is -0.393. The zero-order chi connectivity index (χ0) is 19.9. The number of hydrogen-bond acceptors (Lipinski definition) is 3. The van der Waals surface area contributed by atoms with Crippen molar-refractivity contribution >= 4 is 28.5 Å². The fourth-order valence-electron chi connectivity index (χ4n) is 3.65. The summed E-state index contributed by atoms with van der Waals surface area (Å²) in [6, 6.07) is 5.49. The summed E-state index contributed by atoms with van der Waals surface area (Å²) in [5.41, 5.74) is 1.81. The van der Waals surface area contributed by atoms with Gasteiger partial charge in [-0.15, -0.1) is 0 Å². The van der Waals surface area contributed by atoms with Gasteiger partial charge in [0.15, 0.2) is 0 Å². The van der Waals surface area contributed by atoms with E-state index in [1.165, 1.54) is 0 Å². The molecular weight excluding hydrogens is 344 g/mol. The first kappa shape index (κ1) is 19.2. The molecule has 1 fully saturated rings. The molecule has 0 spiro atoms. The van der Waals surface area contributed by atoms with Gasteiger partial charge in [-0.2, -0.15) is 0 Å². The fourth-order valence-corrected chi connectivity index (χ4v) is 3.65. The number of carbonyl (C=O) groups is 2. The topological polar surface area (TPSA) is 76.3 Å². The summed E-state index contributed by atoms with van der Waals surface area (Å²) in [4.78, 5) is 38.9. The van der Waals surface area contributed by atoms with Crippen molar-refractivity contribution in [3.05, 3.63) is 28.7 Å². The number of benzene rings is 1. The maximum absolute atomic E-state index is 12.6. The van der Waals surface area contributed by atoms with Crippen molar-refractivity contribution in [2.45, 2.75) is 33.6 Å². The van der Waals surface area contributed by atoms with Gasteiger partial charge in [0.05, 0.1) is 11.0 Å². The number of rotatable bonds is 2. The van der Waals surface area contributed by atoms with Crippen LogP contribution in [-0.4, -0.2) is 38.9 Å². The molecule has 0 unspecified atom stereocenters. The van der Waals surface area contributed by atoms with Gasteiger partial charge < -0.3 is 10.2 Å². The SMILES string of the molecule is Cn1c(=O)n(C)c2cc(NC(=O)C3CCN(C(=O)C(C)(C)C)CC3)ccc21. The Kier molecular flexibility index (Phi) is 4.88. The number of fused-ring (bicyclic) bond motifs is 1. The number of amides is 2. The molecule has 2 aromatic rings. The molecule has 7 heteroatoms. The molecule has 2 amide bonds. The summed E-state index contributed by atoms with van der Waals surface area (Å²) >= 11 is 0. The quantitative estimate of drug-likeness (QED) is 0.877. The van der Waals surface area contributed by atoms with E-state index in [4.69, 9.17) is 0 Å². The highest BCUT2D eigenvalue weighted by molar-refractivity contribution is 5.94. The molecule has 0 atom stereocenters. The predicted molar refractivity (Wildman–Crippen MR) is 106 cm³/mol. The molecule has 27 heavy (non-hydrogen) atoms. The predicted octanol–water partition coefficient (Wildman–Crippen LogP) is 2.10. The molecule has 146 valence electrons. The average molecular weight is 372 g/mol. The van der Waals surface area contributed by atoms with Crippen LogP contribution in [0.5, 0.6) is 0 Å². The van der Waals surface area contributed by atoms with Crippen molar-refractivity contribution in [2.75, 3.05) is 18.4 Å². The van der Waals surface area contributed by atoms with E-state index in [0.29, 0.717) is 31.6 Å². The monoisotopic (exact) mass is 372 g/mol. The Morgan fingerprint density at radius 1 is 1.04 bits per heavy atom. The van der Waals surface area contributed by atoms with Crippen molar-refractivity contribution in [1.82, 2.24) is 14.0 Å². The molecule has 2 heterocycles. The van der Waals surface area contributed by atoms with Crippen molar-refractivity contribution < 1.29 is 9.59 Å². The minimum Gasteiger partial charge on any atom is -0.342 e. The molecule has 1 aliphatic rings. The number of piperidine rings is 1. The molecular formula is C20H28N4O3. The van der Waals surface area contributed by atoms with Gasteiger partial charge in [0.25, 0.3) is 0 Å². The third-order valence-corrected chi connectivity index (χ3v) is 5.33. The molecule has 1 aromatic heterocycles. The first-order valence-corrected chi connectivity index (χ1v) is 9.35. The van der Waals surface area contributed by atoms with Gasteiger partial charge in [-0.05, 0) is 31.0 Å². The third-order valence-electron chi connectivity index (χ3n) is 5.33. The van der Waals surface area contributed by atoms with Crippen molar-refractivity contribution in [3.8, 4) is 0 Å². The number of aromatic nitrogens is 2. The largest absolute Gasteiger partial charge is 0.342 e. The Morgan fingerprint density at radius 2 is 1.63 bits per heavy atom. The number of aryl methyl sites for hydroxylation is 2. The molecule has 1 saturated heterocycles. The number of carbonyl (C=O) groups excluding carboxylic acids is 2. The van der Waals surface area contributed by atoms with Crippen LogP contribution in [0.15, 0.2) is 23.0 Å². The van der Waals surface area contributed by atoms with E-state index >= 15 is 0 Å². The smallest absolute Gasteiger partial charge is 0.328 e. The third kappa shape index (κ3) is 3.63. The normalized spacial score (nSPS) is 16.0. The van der Waals surface area contributed by atoms with Crippen LogP contribution in [-0.2, 0) is 23.7 Å². The second-order valence-electron chi connectivity index (χ2n) is 8.41. The summed E-state index contributed by atoms with van der Waals surface area (Å²) in [5, 5.41) is 2.97. The highest BCUT2D eigenvalue weighted by Crippen LogP contribution is 2.25. The number of hydrogen-bond donors (Lipinski definition) is 1. The molecule has 0 radical (unpaired) electrons. The molecule has 0 bridgehead atoms. The number of likely N-dealkylation sites (tertiary alicyclic amines) is 1. The van der Waals surface area contributed by atoms with Crippen LogP contribution < -0.4 is 11.0 Å². The molecule has 0 aliphatic carbocycles. The average Bonchev–Trinajstić information content (AvgIpc) is 2.84. The number of anilines is 1. The van der Waals surface area contributed by atoms with Crippen LogP contribution >= 0.6 is 0 Å². The van der Waals surface area contributed by atoms with Crippen molar-refractivity contribution in [3.63, 3.8) is 0 Å². The fraction of sp³-hybridized carbons (Fsp3) is 0.550. The summed E-state index contributed by atoms with van der Waals surface area (Å²) < 4.78 is 3.16. The zero-order valence-corrected chi connectivity index (χ0v) is 16.7. The standard InChI is InChI=1S/C20H28N4O3/c1-20(2,3)18(26)24-10-8-13(9-11-24)17(25)21-14-6-7-15-16(12-14)23(5)19(27)22(15)4/h6-7,12-13H,8-11H2,1-5H3,(H,21,25). The second-order valence-corrected chi connectivity index (χ2v) is 8.41. The van der Waals surface area contributed by atoms with E-state index in [1.54, 1.807) is 23.2 Å². The maximum atomic E-state index is 12.6. The zero-order valence-electron chi connectivity index (χ0n) is 16.7. The van der Waals surface area contributed by atoms with Crippen LogP contribution in [0.1, 0.15) is 33.6 Å². The first-order chi connectivity index (χ1) is 12.6. The van der Waals surface area contributed by atoms with Crippen molar-refractivity contribution in [2.24, 2.45) is 25.4 Å². The molecule has 7 nitrogen and oxygen atoms in total. The summed E-state index contributed by atoms with van der Waals surface area (Å²) in [6.45, 7) is 6.98. The van der Waals surface area contributed by atoms with Gasteiger partial charge in [0.1, 0.15) is 0 Å². The molecule has 3 rings (SSSR count). The van der Waals surface area contributed by atoms with Crippen LogP contribution in [0.25, 0.3) is 11.0 Å². The number of nitrogens with zero attached hydrogens (tertiary/aromatic N) is 3. The number of nitrogens with one attached hydrogen (secondary N) is 1. The molecule has 1 aromatic carbocycles. The van der Waals surface area contributed by atoms with E-state index in [1.807, 2.05) is 43.9 Å². The van der Waals surface area contributed by atoms with E-state index in [0.717, 1.165) is 11.0 Å². The summed E-state index contributed by atoms with van der Waals surface area (Å²) in [5.74, 6) is -0.000693.